The van der Waals surface area contributed by atoms with E-state index in [1.165, 1.54) is 34.4 Å². The van der Waals surface area contributed by atoms with E-state index >= 15 is 0 Å². The molecule has 0 aliphatic rings. The van der Waals surface area contributed by atoms with Crippen LogP contribution in [-0.2, 0) is 17.8 Å². The highest BCUT2D eigenvalue weighted by atomic mass is 19.1. The third-order valence-corrected chi connectivity index (χ3v) is 5.39. The second-order valence-electron chi connectivity index (χ2n) is 7.76. The maximum atomic E-state index is 13.3. The number of hydrogen-bond donors (Lipinski definition) is 1. The van der Waals surface area contributed by atoms with E-state index in [1.807, 2.05) is 24.3 Å². The van der Waals surface area contributed by atoms with Crippen LogP contribution in [0.5, 0.6) is 0 Å². The molecule has 0 unspecified atom stereocenters. The van der Waals surface area contributed by atoms with Crippen LogP contribution in [0.2, 0.25) is 0 Å². The minimum atomic E-state index is -0.404. The number of rotatable bonds is 6. The van der Waals surface area contributed by atoms with Crippen molar-refractivity contribution >= 4 is 11.6 Å². The number of nitrogens with zero attached hydrogens (tertiary/aromatic N) is 3. The highest BCUT2D eigenvalue weighted by Crippen LogP contribution is 2.23. The van der Waals surface area contributed by atoms with Crippen LogP contribution in [-0.4, -0.2) is 20.6 Å². The standard InChI is InChI=1S/C25H23FN4O3/c1-4-17-5-11-20(12-6-17)27-21(31)14-30-16(3)13-15(2)22(25(30)32)24-28-23(29-33-24)18-7-9-19(26)10-8-18/h5-13H,4,14H2,1-3H3,(H,27,31). The van der Waals surface area contributed by atoms with Crippen molar-refractivity contribution in [2.24, 2.45) is 0 Å². The summed E-state index contributed by atoms with van der Waals surface area (Å²) in [5, 5.41) is 6.74. The molecule has 0 fully saturated rings. The number of hydrogen-bond acceptors (Lipinski definition) is 5. The predicted molar refractivity (Wildman–Crippen MR) is 123 cm³/mol. The number of carbonyl (C=O) groups is 1. The van der Waals surface area contributed by atoms with Crippen molar-refractivity contribution in [3.63, 3.8) is 0 Å². The highest BCUT2D eigenvalue weighted by molar-refractivity contribution is 5.90. The third kappa shape index (κ3) is 4.74. The third-order valence-electron chi connectivity index (χ3n) is 5.39. The molecule has 4 aromatic rings. The Balaban J connectivity index is 1.61. The fourth-order valence-electron chi connectivity index (χ4n) is 3.59. The Labute approximate surface area is 189 Å². The molecule has 0 aliphatic carbocycles. The summed E-state index contributed by atoms with van der Waals surface area (Å²) in [5.41, 5.74) is 3.50. The second kappa shape index (κ2) is 9.20. The topological polar surface area (TPSA) is 90.0 Å². The number of aryl methyl sites for hydroxylation is 3. The Morgan fingerprint density at radius 2 is 1.79 bits per heavy atom. The van der Waals surface area contributed by atoms with Crippen LogP contribution < -0.4 is 10.9 Å². The molecule has 1 N–H and O–H groups in total. The lowest BCUT2D eigenvalue weighted by Gasteiger charge is -2.13. The Hall–Kier alpha value is -4.07. The summed E-state index contributed by atoms with van der Waals surface area (Å²) in [6.45, 7) is 5.43. The smallest absolute Gasteiger partial charge is 0.264 e. The number of nitrogens with one attached hydrogen (secondary N) is 1. The van der Waals surface area contributed by atoms with E-state index in [0.717, 1.165) is 6.42 Å². The maximum absolute atomic E-state index is 13.3. The summed E-state index contributed by atoms with van der Waals surface area (Å²) >= 11 is 0. The fourth-order valence-corrected chi connectivity index (χ4v) is 3.59. The average molecular weight is 446 g/mol. The zero-order chi connectivity index (χ0) is 23.5. The van der Waals surface area contributed by atoms with Gasteiger partial charge in [-0.3, -0.25) is 9.59 Å². The summed E-state index contributed by atoms with van der Waals surface area (Å²) in [6.07, 6.45) is 0.910. The molecule has 168 valence electrons. The van der Waals surface area contributed by atoms with E-state index in [9.17, 15) is 14.0 Å². The minimum Gasteiger partial charge on any atom is -0.333 e. The van der Waals surface area contributed by atoms with Gasteiger partial charge in [-0.05, 0) is 73.9 Å². The quantitative estimate of drug-likeness (QED) is 0.470. The van der Waals surface area contributed by atoms with Gasteiger partial charge in [-0.1, -0.05) is 24.2 Å². The van der Waals surface area contributed by atoms with Crippen molar-refractivity contribution in [3.8, 4) is 22.8 Å². The normalized spacial score (nSPS) is 10.9. The van der Waals surface area contributed by atoms with Crippen LogP contribution in [0.4, 0.5) is 10.1 Å². The summed E-state index contributed by atoms with van der Waals surface area (Å²) in [7, 11) is 0. The molecule has 2 heterocycles. The maximum Gasteiger partial charge on any atom is 0.264 e. The molecule has 0 aliphatic heterocycles. The Morgan fingerprint density at radius 1 is 1.09 bits per heavy atom. The molecule has 33 heavy (non-hydrogen) atoms. The first-order valence-electron chi connectivity index (χ1n) is 10.6. The first-order valence-corrected chi connectivity index (χ1v) is 10.6. The molecule has 0 saturated carbocycles. The van der Waals surface area contributed by atoms with Crippen molar-refractivity contribution < 1.29 is 13.7 Å². The van der Waals surface area contributed by atoms with Crippen LogP contribution in [0.3, 0.4) is 0 Å². The number of amides is 1. The van der Waals surface area contributed by atoms with Crippen molar-refractivity contribution in [2.45, 2.75) is 33.7 Å². The lowest BCUT2D eigenvalue weighted by molar-refractivity contribution is -0.116. The van der Waals surface area contributed by atoms with Crippen LogP contribution >= 0.6 is 0 Å². The summed E-state index contributed by atoms with van der Waals surface area (Å²) in [5.74, 6) is -0.415. The predicted octanol–water partition coefficient (Wildman–Crippen LogP) is 4.52. The highest BCUT2D eigenvalue weighted by Gasteiger charge is 2.20. The SMILES string of the molecule is CCc1ccc(NC(=O)Cn2c(C)cc(C)c(-c3nc(-c4ccc(F)cc4)no3)c2=O)cc1. The molecular formula is C25H23FN4O3. The van der Waals surface area contributed by atoms with E-state index in [2.05, 4.69) is 22.4 Å². The summed E-state index contributed by atoms with van der Waals surface area (Å²) < 4.78 is 19.9. The van der Waals surface area contributed by atoms with Gasteiger partial charge in [-0.15, -0.1) is 0 Å². The average Bonchev–Trinajstić information content (AvgIpc) is 3.27. The lowest BCUT2D eigenvalue weighted by Crippen LogP contribution is -2.30. The van der Waals surface area contributed by atoms with Crippen LogP contribution in [0.1, 0.15) is 23.7 Å². The molecule has 7 nitrogen and oxygen atoms in total. The van der Waals surface area contributed by atoms with Crippen molar-refractivity contribution in [1.29, 1.82) is 0 Å². The van der Waals surface area contributed by atoms with Gasteiger partial charge in [0.25, 0.3) is 11.4 Å². The van der Waals surface area contributed by atoms with Gasteiger partial charge in [0, 0.05) is 16.9 Å². The molecule has 4 rings (SSSR count). The molecule has 0 spiro atoms. The van der Waals surface area contributed by atoms with E-state index in [-0.39, 0.29) is 35.5 Å². The Bertz CT molecular complexity index is 1360. The van der Waals surface area contributed by atoms with Crippen LogP contribution in [0.15, 0.2) is 63.9 Å². The van der Waals surface area contributed by atoms with Gasteiger partial charge >= 0.3 is 0 Å². The molecule has 0 saturated heterocycles. The van der Waals surface area contributed by atoms with Gasteiger partial charge < -0.3 is 14.4 Å². The Morgan fingerprint density at radius 3 is 2.45 bits per heavy atom. The number of halogens is 1. The van der Waals surface area contributed by atoms with E-state index in [0.29, 0.717) is 22.5 Å². The summed E-state index contributed by atoms with van der Waals surface area (Å²) in [4.78, 5) is 30.2. The lowest BCUT2D eigenvalue weighted by atomic mass is 10.1. The van der Waals surface area contributed by atoms with Gasteiger partial charge in [0.05, 0.1) is 0 Å². The molecule has 0 atom stereocenters. The number of benzene rings is 2. The van der Waals surface area contributed by atoms with Gasteiger partial charge in [0.2, 0.25) is 11.7 Å². The number of anilines is 1. The Kier molecular flexibility index (Phi) is 6.17. The molecule has 0 bridgehead atoms. The second-order valence-corrected chi connectivity index (χ2v) is 7.76. The number of pyridine rings is 1. The molecule has 1 amide bonds. The minimum absolute atomic E-state index is 0.0427. The van der Waals surface area contributed by atoms with Gasteiger partial charge in [-0.25, -0.2) is 4.39 Å². The van der Waals surface area contributed by atoms with Gasteiger partial charge in [-0.2, -0.15) is 4.98 Å². The van der Waals surface area contributed by atoms with Crippen LogP contribution in [0, 0.1) is 19.7 Å². The fraction of sp³-hybridized carbons (Fsp3) is 0.200. The zero-order valence-electron chi connectivity index (χ0n) is 18.6. The molecular weight excluding hydrogens is 423 g/mol. The number of carbonyl (C=O) groups excluding carboxylic acids is 1. The van der Waals surface area contributed by atoms with Gasteiger partial charge in [0.15, 0.2) is 0 Å². The largest absolute Gasteiger partial charge is 0.333 e. The summed E-state index contributed by atoms with van der Waals surface area (Å²) in [6, 6.07) is 15.0. The monoisotopic (exact) mass is 446 g/mol. The molecule has 8 heteroatoms. The van der Waals surface area contributed by atoms with E-state index in [4.69, 9.17) is 4.52 Å². The zero-order valence-corrected chi connectivity index (χ0v) is 18.6. The molecule has 2 aromatic heterocycles. The number of aromatic nitrogens is 3. The first-order chi connectivity index (χ1) is 15.9. The van der Waals surface area contributed by atoms with E-state index < -0.39 is 5.56 Å². The van der Waals surface area contributed by atoms with Crippen molar-refractivity contribution in [3.05, 3.63) is 87.6 Å². The first kappa shape index (κ1) is 22.1. The van der Waals surface area contributed by atoms with Gasteiger partial charge in [0.1, 0.15) is 17.9 Å². The molecule has 2 aromatic carbocycles. The molecule has 0 radical (unpaired) electrons. The van der Waals surface area contributed by atoms with Crippen molar-refractivity contribution in [2.75, 3.05) is 5.32 Å². The van der Waals surface area contributed by atoms with Crippen molar-refractivity contribution in [1.82, 2.24) is 14.7 Å². The van der Waals surface area contributed by atoms with Crippen LogP contribution in [0.25, 0.3) is 22.8 Å². The van der Waals surface area contributed by atoms with E-state index in [1.54, 1.807) is 19.9 Å².